The van der Waals surface area contributed by atoms with Crippen LogP contribution in [-0.2, 0) is 13.6 Å². The van der Waals surface area contributed by atoms with Gasteiger partial charge in [-0.2, -0.15) is 0 Å². The highest BCUT2D eigenvalue weighted by atomic mass is 79.9. The van der Waals surface area contributed by atoms with E-state index in [1.54, 1.807) is 6.20 Å². The van der Waals surface area contributed by atoms with Gasteiger partial charge in [0.05, 0.1) is 16.7 Å². The molecule has 1 atom stereocenters. The number of benzene rings is 2. The van der Waals surface area contributed by atoms with E-state index in [1.165, 1.54) is 0 Å². The predicted octanol–water partition coefficient (Wildman–Crippen LogP) is 4.72. The van der Waals surface area contributed by atoms with Crippen molar-refractivity contribution in [3.8, 4) is 11.5 Å². The molecule has 0 aliphatic carbocycles. The molecule has 0 saturated carbocycles. The zero-order chi connectivity index (χ0) is 21.9. The second kappa shape index (κ2) is 9.28. The van der Waals surface area contributed by atoms with Crippen molar-refractivity contribution in [3.05, 3.63) is 71.0 Å². The van der Waals surface area contributed by atoms with Gasteiger partial charge in [-0.15, -0.1) is 0 Å². The SMILES string of the molecule is Cn1c(Nc2ccc(Br)cc2)nc2cc(Oc3ccnc(CNC4CCNC4)c3)ccc21. The Kier molecular flexibility index (Phi) is 6.07. The van der Waals surface area contributed by atoms with Crippen LogP contribution in [0.5, 0.6) is 11.5 Å². The van der Waals surface area contributed by atoms with E-state index in [0.29, 0.717) is 6.04 Å². The molecule has 1 unspecified atom stereocenters. The summed E-state index contributed by atoms with van der Waals surface area (Å²) in [4.78, 5) is 9.22. The third-order valence-corrected chi connectivity index (χ3v) is 6.14. The number of pyridine rings is 1. The average molecular weight is 493 g/mol. The molecule has 1 aliphatic heterocycles. The molecule has 0 amide bonds. The second-order valence-corrected chi connectivity index (χ2v) is 8.85. The fourth-order valence-electron chi connectivity index (χ4n) is 3.85. The molecule has 1 saturated heterocycles. The monoisotopic (exact) mass is 492 g/mol. The molecule has 5 rings (SSSR count). The molecule has 1 fully saturated rings. The number of imidazole rings is 1. The number of ether oxygens (including phenoxy) is 1. The molecule has 2 aromatic carbocycles. The highest BCUT2D eigenvalue weighted by molar-refractivity contribution is 9.10. The van der Waals surface area contributed by atoms with Gasteiger partial charge >= 0.3 is 0 Å². The summed E-state index contributed by atoms with van der Waals surface area (Å²) < 4.78 is 9.20. The summed E-state index contributed by atoms with van der Waals surface area (Å²) in [6.07, 6.45) is 2.94. The number of aryl methyl sites for hydroxylation is 1. The van der Waals surface area contributed by atoms with Gasteiger partial charge in [0.25, 0.3) is 0 Å². The summed E-state index contributed by atoms with van der Waals surface area (Å²) in [5.41, 5.74) is 3.85. The van der Waals surface area contributed by atoms with Crippen LogP contribution in [0.4, 0.5) is 11.6 Å². The number of nitrogens with zero attached hydrogens (tertiary/aromatic N) is 3. The molecule has 3 heterocycles. The largest absolute Gasteiger partial charge is 0.457 e. The maximum absolute atomic E-state index is 6.12. The molecule has 3 N–H and O–H groups in total. The first-order valence-corrected chi connectivity index (χ1v) is 11.5. The number of hydrogen-bond donors (Lipinski definition) is 3. The minimum atomic E-state index is 0.508. The minimum absolute atomic E-state index is 0.508. The quantitative estimate of drug-likeness (QED) is 0.346. The molecule has 0 bridgehead atoms. The van der Waals surface area contributed by atoms with E-state index in [2.05, 4.69) is 36.9 Å². The summed E-state index contributed by atoms with van der Waals surface area (Å²) in [7, 11) is 2.00. The van der Waals surface area contributed by atoms with E-state index >= 15 is 0 Å². The Morgan fingerprint density at radius 1 is 1.12 bits per heavy atom. The highest BCUT2D eigenvalue weighted by Gasteiger charge is 2.14. The number of hydrogen-bond acceptors (Lipinski definition) is 6. The van der Waals surface area contributed by atoms with Crippen molar-refractivity contribution >= 4 is 38.6 Å². The van der Waals surface area contributed by atoms with Crippen molar-refractivity contribution in [3.63, 3.8) is 0 Å². The van der Waals surface area contributed by atoms with Crippen LogP contribution in [0.25, 0.3) is 11.0 Å². The number of nitrogens with one attached hydrogen (secondary N) is 3. The lowest BCUT2D eigenvalue weighted by atomic mass is 10.2. The van der Waals surface area contributed by atoms with Crippen molar-refractivity contribution in [2.24, 2.45) is 7.05 Å². The molecule has 32 heavy (non-hydrogen) atoms. The predicted molar refractivity (Wildman–Crippen MR) is 131 cm³/mol. The van der Waals surface area contributed by atoms with Gasteiger partial charge in [-0.25, -0.2) is 4.98 Å². The summed E-state index contributed by atoms with van der Waals surface area (Å²) in [5.74, 6) is 2.29. The molecule has 2 aromatic heterocycles. The van der Waals surface area contributed by atoms with Crippen molar-refractivity contribution in [1.82, 2.24) is 25.2 Å². The second-order valence-electron chi connectivity index (χ2n) is 7.93. The Hall–Kier alpha value is -2.94. The van der Waals surface area contributed by atoms with Gasteiger partial charge in [0.2, 0.25) is 5.95 Å². The minimum Gasteiger partial charge on any atom is -0.457 e. The fourth-order valence-corrected chi connectivity index (χ4v) is 4.11. The maximum Gasteiger partial charge on any atom is 0.208 e. The number of aromatic nitrogens is 3. The smallest absolute Gasteiger partial charge is 0.208 e. The first-order chi connectivity index (χ1) is 15.6. The van der Waals surface area contributed by atoms with Crippen LogP contribution < -0.4 is 20.7 Å². The molecule has 8 heteroatoms. The van der Waals surface area contributed by atoms with Crippen molar-refractivity contribution in [1.29, 1.82) is 0 Å². The van der Waals surface area contributed by atoms with E-state index in [4.69, 9.17) is 9.72 Å². The molecule has 4 aromatic rings. The van der Waals surface area contributed by atoms with Crippen LogP contribution in [0.2, 0.25) is 0 Å². The first-order valence-electron chi connectivity index (χ1n) is 10.7. The number of fused-ring (bicyclic) bond motifs is 1. The third-order valence-electron chi connectivity index (χ3n) is 5.61. The van der Waals surface area contributed by atoms with Crippen LogP contribution in [0, 0.1) is 0 Å². The molecule has 1 aliphatic rings. The Labute approximate surface area is 195 Å². The van der Waals surface area contributed by atoms with E-state index in [1.807, 2.05) is 66.2 Å². The Morgan fingerprint density at radius 3 is 2.78 bits per heavy atom. The summed E-state index contributed by atoms with van der Waals surface area (Å²) in [6, 6.07) is 18.4. The number of rotatable bonds is 7. The first kappa shape index (κ1) is 20.9. The van der Waals surface area contributed by atoms with E-state index in [0.717, 1.165) is 70.4 Å². The number of halogens is 1. The standard InChI is InChI=1S/C24H25BrN6O/c1-31-23-7-6-20(13-22(23)30-24(31)29-17-4-2-16(25)3-5-17)32-21-9-11-27-19(12-21)15-28-18-8-10-26-14-18/h2-7,9,11-13,18,26,28H,8,10,14-15H2,1H3,(H,29,30). The van der Waals surface area contributed by atoms with Gasteiger partial charge in [0.1, 0.15) is 11.5 Å². The van der Waals surface area contributed by atoms with Crippen LogP contribution in [0.1, 0.15) is 12.1 Å². The van der Waals surface area contributed by atoms with Gasteiger partial charge in [-0.3, -0.25) is 4.98 Å². The molecular formula is C24H25BrN6O. The summed E-state index contributed by atoms with van der Waals surface area (Å²) in [5, 5.41) is 10.3. The molecule has 7 nitrogen and oxygen atoms in total. The van der Waals surface area contributed by atoms with E-state index in [9.17, 15) is 0 Å². The summed E-state index contributed by atoms with van der Waals surface area (Å²) >= 11 is 3.46. The van der Waals surface area contributed by atoms with Crippen molar-refractivity contribution < 1.29 is 4.74 Å². The lowest BCUT2D eigenvalue weighted by molar-refractivity contribution is 0.479. The number of anilines is 2. The van der Waals surface area contributed by atoms with Crippen LogP contribution in [0.3, 0.4) is 0 Å². The van der Waals surface area contributed by atoms with Crippen molar-refractivity contribution in [2.45, 2.75) is 19.0 Å². The van der Waals surface area contributed by atoms with Gasteiger partial charge in [-0.05, 0) is 55.4 Å². The van der Waals surface area contributed by atoms with E-state index in [-0.39, 0.29) is 0 Å². The van der Waals surface area contributed by atoms with E-state index < -0.39 is 0 Å². The van der Waals surface area contributed by atoms with Gasteiger partial charge in [0.15, 0.2) is 0 Å². The summed E-state index contributed by atoms with van der Waals surface area (Å²) in [6.45, 7) is 2.82. The van der Waals surface area contributed by atoms with Gasteiger partial charge in [-0.1, -0.05) is 15.9 Å². The molecule has 0 radical (unpaired) electrons. The van der Waals surface area contributed by atoms with Gasteiger partial charge in [0, 0.05) is 54.7 Å². The molecular weight excluding hydrogens is 468 g/mol. The van der Waals surface area contributed by atoms with Gasteiger partial charge < -0.3 is 25.3 Å². The highest BCUT2D eigenvalue weighted by Crippen LogP contribution is 2.28. The Balaban J connectivity index is 1.30. The zero-order valence-electron chi connectivity index (χ0n) is 17.8. The molecule has 164 valence electrons. The van der Waals surface area contributed by atoms with Crippen LogP contribution in [0.15, 0.2) is 65.3 Å². The average Bonchev–Trinajstić information content (AvgIpc) is 3.42. The topological polar surface area (TPSA) is 76.0 Å². The van der Waals surface area contributed by atoms with Crippen molar-refractivity contribution in [2.75, 3.05) is 18.4 Å². The maximum atomic E-state index is 6.12. The Bertz CT molecular complexity index is 1220. The fraction of sp³-hybridized carbons (Fsp3) is 0.250. The lowest BCUT2D eigenvalue weighted by Gasteiger charge is -2.11. The Morgan fingerprint density at radius 2 is 1.97 bits per heavy atom. The molecule has 0 spiro atoms. The van der Waals surface area contributed by atoms with Crippen LogP contribution >= 0.6 is 15.9 Å². The third kappa shape index (κ3) is 4.77. The lowest BCUT2D eigenvalue weighted by Crippen LogP contribution is -2.30. The van der Waals surface area contributed by atoms with Crippen LogP contribution in [-0.4, -0.2) is 33.7 Å². The normalized spacial score (nSPS) is 15.9. The zero-order valence-corrected chi connectivity index (χ0v) is 19.4.